The highest BCUT2D eigenvalue weighted by molar-refractivity contribution is 5.85. The first-order valence-electron chi connectivity index (χ1n) is 18.4. The Bertz CT molecular complexity index is 1290. The van der Waals surface area contributed by atoms with E-state index in [1.807, 2.05) is 0 Å². The van der Waals surface area contributed by atoms with Crippen molar-refractivity contribution in [3.63, 3.8) is 0 Å². The molecule has 27 heteroatoms. The van der Waals surface area contributed by atoms with Gasteiger partial charge in [-0.05, 0) is 0 Å². The van der Waals surface area contributed by atoms with E-state index in [1.54, 1.807) is 45.3 Å². The molecule has 0 saturated carbocycles. The highest BCUT2D eigenvalue weighted by Crippen LogP contribution is 2.34. The van der Waals surface area contributed by atoms with Gasteiger partial charge in [0.15, 0.2) is 30.6 Å². The number of methoxy groups -OCH3 is 13. The first-order chi connectivity index (χ1) is 29.5. The summed E-state index contributed by atoms with van der Waals surface area (Å²) in [6.07, 6.45) is -2.03. The fourth-order valence-electron chi connectivity index (χ4n) is 6.36. The minimum absolute atomic E-state index is 0.0640. The summed E-state index contributed by atoms with van der Waals surface area (Å²) in [7, 11) is 20.0. The minimum Gasteiger partial charge on any atom is -0.377 e. The number of hydrogen-bond donors (Lipinski definition) is 0. The molecule has 1 aromatic heterocycles. The largest absolute Gasteiger partial charge is 0.377 e. The standard InChI is InChI=1S/C13H25N5O5.C12H22N4O6.C9H18N2O5/c1-19-6-11-14-12(17(7-20-2)8-21-3)16-13(15-11)18(9-22-4)10-23-5;1-19-5-13-9-10(15(7-21-3)11(13)17)16(8-22-4)12(18)14(9)6-20-2;1-13-5-10-7(15-3)8(16-4)11(6-14-2)9(10)12/h6-10H2,1-5H3;9-10H,5-8H2,1-4H3;7-8H,5-6H2,1-4H3. The molecule has 0 bridgehead atoms. The Morgan fingerprint density at radius 2 is 0.672 bits per heavy atom. The topological polar surface area (TPSA) is 236 Å². The van der Waals surface area contributed by atoms with Crippen LogP contribution in [-0.4, -0.2) is 247 Å². The highest BCUT2D eigenvalue weighted by atomic mass is 16.6. The Morgan fingerprint density at radius 1 is 0.393 bits per heavy atom. The summed E-state index contributed by atoms with van der Waals surface area (Å²) in [6, 6.07) is -0.774. The zero-order chi connectivity index (χ0) is 45.5. The molecule has 1 aromatic rings. The Labute approximate surface area is 356 Å². The second kappa shape index (κ2) is 28.5. The second-order valence-electron chi connectivity index (χ2n) is 12.8. The van der Waals surface area contributed by atoms with Gasteiger partial charge in [0, 0.05) is 92.4 Å². The van der Waals surface area contributed by atoms with E-state index in [0.717, 1.165) is 0 Å². The SMILES string of the molecule is COCN1C(=O)N(COC)C(OC)C1OC.COCN1C(=O)N(COC)C2C1N(COC)C(=O)N2COC.COCc1nc(N(COC)COC)nc(N(COC)COC)n1. The number of ether oxygens (including phenoxy) is 13. The van der Waals surface area contributed by atoms with Crippen LogP contribution in [-0.2, 0) is 68.2 Å². The molecular formula is C34H65N11O16. The van der Waals surface area contributed by atoms with Crippen LogP contribution in [0.4, 0.5) is 26.3 Å². The third-order valence-electron chi connectivity index (χ3n) is 8.61. The number of hydrogen-bond acceptors (Lipinski definition) is 21. The molecule has 3 aliphatic heterocycles. The highest BCUT2D eigenvalue weighted by Gasteiger charge is 2.59. The maximum Gasteiger partial charge on any atom is 0.328 e. The van der Waals surface area contributed by atoms with Crippen LogP contribution in [0.2, 0.25) is 0 Å². The summed E-state index contributed by atoms with van der Waals surface area (Å²) in [4.78, 5) is 62.4. The molecular weight excluding hydrogens is 818 g/mol. The number of aromatic nitrogens is 3. The molecule has 4 heterocycles. The molecule has 3 saturated heterocycles. The summed E-state index contributed by atoms with van der Waals surface area (Å²) < 4.78 is 66.5. The molecule has 2 unspecified atom stereocenters. The van der Waals surface area contributed by atoms with Gasteiger partial charge in [-0.3, -0.25) is 39.2 Å². The summed E-state index contributed by atoms with van der Waals surface area (Å²) >= 11 is 0. The van der Waals surface area contributed by atoms with E-state index in [2.05, 4.69) is 15.0 Å². The van der Waals surface area contributed by atoms with Gasteiger partial charge in [0.2, 0.25) is 11.9 Å². The quantitative estimate of drug-likeness (QED) is 0.106. The third-order valence-corrected chi connectivity index (χ3v) is 8.61. The van der Waals surface area contributed by atoms with Crippen LogP contribution in [0.5, 0.6) is 0 Å². The minimum atomic E-state index is -0.523. The van der Waals surface area contributed by atoms with Crippen molar-refractivity contribution in [2.75, 3.05) is 170 Å². The summed E-state index contributed by atoms with van der Waals surface area (Å²) in [6.45, 7) is 1.91. The fourth-order valence-corrected chi connectivity index (χ4v) is 6.36. The van der Waals surface area contributed by atoms with Crippen LogP contribution >= 0.6 is 0 Å². The van der Waals surface area contributed by atoms with Crippen LogP contribution in [0, 0.1) is 0 Å². The second-order valence-corrected chi connectivity index (χ2v) is 12.8. The molecule has 0 radical (unpaired) electrons. The average Bonchev–Trinajstić information content (AvgIpc) is 3.78. The van der Waals surface area contributed by atoms with Gasteiger partial charge in [-0.2, -0.15) is 15.0 Å². The Hall–Kier alpha value is -4.10. The number of fused-ring (bicyclic) bond motifs is 1. The fraction of sp³-hybridized carbons (Fsp3) is 0.824. The van der Waals surface area contributed by atoms with Crippen molar-refractivity contribution < 1.29 is 76.0 Å². The lowest BCUT2D eigenvalue weighted by Gasteiger charge is -2.28. The monoisotopic (exact) mass is 883 g/mol. The van der Waals surface area contributed by atoms with Gasteiger partial charge in [-0.1, -0.05) is 0 Å². The van der Waals surface area contributed by atoms with Crippen LogP contribution < -0.4 is 9.80 Å². The van der Waals surface area contributed by atoms with E-state index in [1.165, 1.54) is 86.3 Å². The summed E-state index contributed by atoms with van der Waals surface area (Å²) in [5.74, 6) is 1.33. The van der Waals surface area contributed by atoms with Crippen molar-refractivity contribution in [2.24, 2.45) is 0 Å². The van der Waals surface area contributed by atoms with Gasteiger partial charge in [0.05, 0.1) is 0 Å². The number of amides is 6. The predicted octanol–water partition coefficient (Wildman–Crippen LogP) is -0.547. The van der Waals surface area contributed by atoms with E-state index in [4.69, 9.17) is 61.6 Å². The number of nitrogens with zero attached hydrogens (tertiary/aromatic N) is 11. The Balaban J connectivity index is 0.000000320. The normalized spacial score (nSPS) is 19.7. The van der Waals surface area contributed by atoms with Crippen LogP contribution in [0.25, 0.3) is 0 Å². The van der Waals surface area contributed by atoms with E-state index in [-0.39, 0.29) is 92.0 Å². The molecule has 0 aromatic carbocycles. The van der Waals surface area contributed by atoms with Crippen molar-refractivity contribution in [1.82, 2.24) is 44.4 Å². The molecule has 0 aliphatic carbocycles. The number of urea groups is 3. The smallest absolute Gasteiger partial charge is 0.328 e. The zero-order valence-corrected chi connectivity index (χ0v) is 37.5. The molecule has 4 rings (SSSR count). The summed E-state index contributed by atoms with van der Waals surface area (Å²) in [5, 5.41) is 0. The van der Waals surface area contributed by atoms with E-state index < -0.39 is 24.8 Å². The first-order valence-corrected chi connectivity index (χ1v) is 18.4. The first kappa shape index (κ1) is 53.0. The maximum absolute atomic E-state index is 12.6. The maximum atomic E-state index is 12.6. The lowest BCUT2D eigenvalue weighted by molar-refractivity contribution is -0.132. The van der Waals surface area contributed by atoms with Crippen LogP contribution in [0.15, 0.2) is 0 Å². The van der Waals surface area contributed by atoms with E-state index in [0.29, 0.717) is 17.7 Å². The van der Waals surface area contributed by atoms with Gasteiger partial charge in [-0.15, -0.1) is 0 Å². The van der Waals surface area contributed by atoms with Crippen molar-refractivity contribution in [1.29, 1.82) is 0 Å². The Kier molecular flexibility index (Phi) is 24.8. The van der Waals surface area contributed by atoms with E-state index >= 15 is 0 Å². The molecule has 0 spiro atoms. The Morgan fingerprint density at radius 3 is 0.918 bits per heavy atom. The number of rotatable bonds is 26. The van der Waals surface area contributed by atoms with Crippen LogP contribution in [0.3, 0.4) is 0 Å². The molecule has 61 heavy (non-hydrogen) atoms. The molecule has 6 amide bonds. The molecule has 0 N–H and O–H groups in total. The predicted molar refractivity (Wildman–Crippen MR) is 211 cm³/mol. The number of anilines is 2. The number of carbonyl (C=O) groups excluding carboxylic acids is 3. The molecule has 352 valence electrons. The molecule has 2 atom stereocenters. The lowest BCUT2D eigenvalue weighted by atomic mass is 10.3. The van der Waals surface area contributed by atoms with Crippen LogP contribution in [0.1, 0.15) is 5.82 Å². The third kappa shape index (κ3) is 13.7. The van der Waals surface area contributed by atoms with E-state index in [9.17, 15) is 14.4 Å². The van der Waals surface area contributed by atoms with Crippen molar-refractivity contribution in [3.8, 4) is 0 Å². The van der Waals surface area contributed by atoms with Gasteiger partial charge in [0.25, 0.3) is 0 Å². The van der Waals surface area contributed by atoms with Crippen molar-refractivity contribution >= 4 is 30.0 Å². The van der Waals surface area contributed by atoms with Crippen molar-refractivity contribution in [3.05, 3.63) is 5.82 Å². The zero-order valence-electron chi connectivity index (χ0n) is 37.5. The molecule has 3 aliphatic rings. The molecule has 27 nitrogen and oxygen atoms in total. The molecule has 3 fully saturated rings. The van der Waals surface area contributed by atoms with Gasteiger partial charge in [0.1, 0.15) is 73.9 Å². The van der Waals surface area contributed by atoms with Gasteiger partial charge in [-0.25, -0.2) is 14.4 Å². The summed E-state index contributed by atoms with van der Waals surface area (Å²) in [5.41, 5.74) is 0. The average molecular weight is 884 g/mol. The van der Waals surface area contributed by atoms with Crippen molar-refractivity contribution in [2.45, 2.75) is 31.4 Å². The lowest BCUT2D eigenvalue weighted by Crippen LogP contribution is -2.48. The van der Waals surface area contributed by atoms with Gasteiger partial charge >= 0.3 is 18.1 Å². The number of carbonyl (C=O) groups is 3. The van der Waals surface area contributed by atoms with Gasteiger partial charge < -0.3 is 61.6 Å².